The Kier molecular flexibility index (Phi) is 3.57. The Morgan fingerprint density at radius 2 is 2.33 bits per heavy atom. The summed E-state index contributed by atoms with van der Waals surface area (Å²) in [5, 5.41) is 16.1. The van der Waals surface area contributed by atoms with Gasteiger partial charge in [-0.2, -0.15) is 5.10 Å². The first kappa shape index (κ1) is 12.1. The van der Waals surface area contributed by atoms with Gasteiger partial charge < -0.3 is 10.4 Å². The van der Waals surface area contributed by atoms with Gasteiger partial charge in [-0.05, 0) is 18.6 Å². The molecule has 2 aromatic rings. The number of rotatable bonds is 4. The Morgan fingerprint density at radius 1 is 1.50 bits per heavy atom. The highest BCUT2D eigenvalue weighted by atomic mass is 16.3. The molecule has 0 unspecified atom stereocenters. The average Bonchev–Trinajstić information content (AvgIpc) is 2.84. The minimum Gasteiger partial charge on any atom is -0.508 e. The highest BCUT2D eigenvalue weighted by Crippen LogP contribution is 2.20. The van der Waals surface area contributed by atoms with Gasteiger partial charge in [0.1, 0.15) is 18.4 Å². The SMILES string of the molecule is Cc1ccc(NC(=O)CCn2cncn2)cc1O. The van der Waals surface area contributed by atoms with Crippen LogP contribution >= 0.6 is 0 Å². The molecule has 0 fully saturated rings. The van der Waals surface area contributed by atoms with E-state index in [9.17, 15) is 9.90 Å². The van der Waals surface area contributed by atoms with Gasteiger partial charge in [-0.1, -0.05) is 6.07 Å². The van der Waals surface area contributed by atoms with Crippen molar-refractivity contribution >= 4 is 11.6 Å². The molecule has 1 amide bonds. The maximum atomic E-state index is 11.6. The van der Waals surface area contributed by atoms with Crippen LogP contribution in [0.3, 0.4) is 0 Å². The molecule has 1 heterocycles. The van der Waals surface area contributed by atoms with Crippen LogP contribution in [0, 0.1) is 6.92 Å². The van der Waals surface area contributed by atoms with Crippen molar-refractivity contribution in [2.45, 2.75) is 19.9 Å². The molecule has 0 saturated carbocycles. The predicted octanol–water partition coefficient (Wildman–Crippen LogP) is 1.32. The summed E-state index contributed by atoms with van der Waals surface area (Å²) in [6.45, 7) is 2.27. The second kappa shape index (κ2) is 5.31. The van der Waals surface area contributed by atoms with Crippen molar-refractivity contribution in [2.75, 3.05) is 5.32 Å². The van der Waals surface area contributed by atoms with Crippen LogP contribution in [0.5, 0.6) is 5.75 Å². The van der Waals surface area contributed by atoms with Gasteiger partial charge >= 0.3 is 0 Å². The number of aromatic hydroxyl groups is 1. The molecule has 0 aliphatic carbocycles. The average molecular weight is 246 g/mol. The Morgan fingerprint density at radius 3 is 3.00 bits per heavy atom. The molecular formula is C12H14N4O2. The van der Waals surface area contributed by atoms with Gasteiger partial charge in [0.25, 0.3) is 0 Å². The van der Waals surface area contributed by atoms with Gasteiger partial charge in [0.2, 0.25) is 5.91 Å². The number of carbonyl (C=O) groups excluding carboxylic acids is 1. The minimum absolute atomic E-state index is 0.131. The molecule has 6 nitrogen and oxygen atoms in total. The second-order valence-electron chi connectivity index (χ2n) is 3.96. The molecule has 0 aliphatic heterocycles. The largest absolute Gasteiger partial charge is 0.508 e. The van der Waals surface area contributed by atoms with Crippen molar-refractivity contribution in [1.82, 2.24) is 14.8 Å². The lowest BCUT2D eigenvalue weighted by Crippen LogP contribution is -2.14. The van der Waals surface area contributed by atoms with E-state index in [1.807, 2.05) is 0 Å². The summed E-state index contributed by atoms with van der Waals surface area (Å²) < 4.78 is 1.59. The van der Waals surface area contributed by atoms with Crippen LogP contribution in [0.1, 0.15) is 12.0 Å². The number of aryl methyl sites for hydroxylation is 2. The molecule has 94 valence electrons. The lowest BCUT2D eigenvalue weighted by Gasteiger charge is -2.06. The predicted molar refractivity (Wildman–Crippen MR) is 66.1 cm³/mol. The molecule has 0 spiro atoms. The summed E-state index contributed by atoms with van der Waals surface area (Å²) in [4.78, 5) is 15.4. The third-order valence-corrected chi connectivity index (χ3v) is 2.53. The minimum atomic E-state index is -0.131. The number of benzene rings is 1. The van der Waals surface area contributed by atoms with Crippen molar-refractivity contribution in [3.63, 3.8) is 0 Å². The third-order valence-electron chi connectivity index (χ3n) is 2.53. The third kappa shape index (κ3) is 3.07. The Hall–Kier alpha value is -2.37. The van der Waals surface area contributed by atoms with Gasteiger partial charge in [-0.15, -0.1) is 0 Å². The highest BCUT2D eigenvalue weighted by molar-refractivity contribution is 5.90. The monoisotopic (exact) mass is 246 g/mol. The summed E-state index contributed by atoms with van der Waals surface area (Å²) in [7, 11) is 0. The van der Waals surface area contributed by atoms with E-state index in [0.29, 0.717) is 18.7 Å². The van der Waals surface area contributed by atoms with Crippen molar-refractivity contribution in [3.8, 4) is 5.75 Å². The first-order chi connectivity index (χ1) is 8.65. The first-order valence-corrected chi connectivity index (χ1v) is 5.57. The van der Waals surface area contributed by atoms with Crippen LogP contribution in [0.2, 0.25) is 0 Å². The molecule has 2 rings (SSSR count). The second-order valence-corrected chi connectivity index (χ2v) is 3.96. The van der Waals surface area contributed by atoms with E-state index < -0.39 is 0 Å². The molecule has 2 N–H and O–H groups in total. The molecule has 18 heavy (non-hydrogen) atoms. The fourth-order valence-corrected chi connectivity index (χ4v) is 1.47. The number of anilines is 1. The van der Waals surface area contributed by atoms with Gasteiger partial charge in [0.15, 0.2) is 0 Å². The van der Waals surface area contributed by atoms with Crippen LogP contribution in [0.25, 0.3) is 0 Å². The van der Waals surface area contributed by atoms with Crippen LogP contribution in [-0.4, -0.2) is 25.8 Å². The van der Waals surface area contributed by atoms with E-state index >= 15 is 0 Å². The van der Waals surface area contributed by atoms with Gasteiger partial charge in [-0.25, -0.2) is 4.98 Å². The molecule has 0 atom stereocenters. The van der Waals surface area contributed by atoms with Gasteiger partial charge in [-0.3, -0.25) is 9.48 Å². The summed E-state index contributed by atoms with van der Waals surface area (Å²) >= 11 is 0. The fourth-order valence-electron chi connectivity index (χ4n) is 1.47. The maximum absolute atomic E-state index is 11.6. The topological polar surface area (TPSA) is 80.0 Å². The van der Waals surface area contributed by atoms with Crippen LogP contribution in [0.15, 0.2) is 30.9 Å². The summed E-state index contributed by atoms with van der Waals surface area (Å²) in [5.41, 5.74) is 1.36. The van der Waals surface area contributed by atoms with Gasteiger partial charge in [0.05, 0.1) is 6.54 Å². The zero-order chi connectivity index (χ0) is 13.0. The number of nitrogens with zero attached hydrogens (tertiary/aromatic N) is 3. The van der Waals surface area contributed by atoms with Crippen molar-refractivity contribution in [3.05, 3.63) is 36.4 Å². The zero-order valence-electron chi connectivity index (χ0n) is 10.00. The summed E-state index contributed by atoms with van der Waals surface area (Å²) in [5.74, 6) is 0.0397. The molecular weight excluding hydrogens is 232 g/mol. The number of nitrogens with one attached hydrogen (secondary N) is 1. The molecule has 1 aromatic carbocycles. The molecule has 0 saturated heterocycles. The molecule has 1 aromatic heterocycles. The van der Waals surface area contributed by atoms with Crippen molar-refractivity contribution in [1.29, 1.82) is 0 Å². The van der Waals surface area contributed by atoms with E-state index in [2.05, 4.69) is 15.4 Å². The lowest BCUT2D eigenvalue weighted by molar-refractivity contribution is -0.116. The Labute approximate surface area is 104 Å². The van der Waals surface area contributed by atoms with E-state index in [4.69, 9.17) is 0 Å². The van der Waals surface area contributed by atoms with Crippen LogP contribution in [-0.2, 0) is 11.3 Å². The standard InChI is InChI=1S/C12H14N4O2/c1-9-2-3-10(6-11(9)17)15-12(18)4-5-16-8-13-7-14-16/h2-3,6-8,17H,4-5H2,1H3,(H,15,18). The fraction of sp³-hybridized carbons (Fsp3) is 0.250. The quantitative estimate of drug-likeness (QED) is 0.852. The van der Waals surface area contributed by atoms with E-state index in [1.165, 1.54) is 12.4 Å². The highest BCUT2D eigenvalue weighted by Gasteiger charge is 2.04. The lowest BCUT2D eigenvalue weighted by atomic mass is 10.2. The number of hydrogen-bond acceptors (Lipinski definition) is 4. The normalized spacial score (nSPS) is 10.3. The number of amides is 1. The number of carbonyl (C=O) groups is 1. The Bertz CT molecular complexity index is 537. The van der Waals surface area contributed by atoms with Crippen LogP contribution in [0.4, 0.5) is 5.69 Å². The van der Waals surface area contributed by atoms with Crippen molar-refractivity contribution in [2.24, 2.45) is 0 Å². The Balaban J connectivity index is 1.88. The number of aromatic nitrogens is 3. The molecule has 0 aliphatic rings. The number of hydrogen-bond donors (Lipinski definition) is 2. The number of phenolic OH excluding ortho intramolecular Hbond substituents is 1. The van der Waals surface area contributed by atoms with Crippen LogP contribution < -0.4 is 5.32 Å². The van der Waals surface area contributed by atoms with Crippen molar-refractivity contribution < 1.29 is 9.90 Å². The summed E-state index contributed by atoms with van der Waals surface area (Å²) in [6, 6.07) is 5.04. The van der Waals surface area contributed by atoms with E-state index in [-0.39, 0.29) is 11.7 Å². The van der Waals surface area contributed by atoms with E-state index in [0.717, 1.165) is 5.56 Å². The number of phenols is 1. The maximum Gasteiger partial charge on any atom is 0.226 e. The van der Waals surface area contributed by atoms with Gasteiger partial charge in [0, 0.05) is 18.2 Å². The zero-order valence-corrected chi connectivity index (χ0v) is 10.00. The van der Waals surface area contributed by atoms with E-state index in [1.54, 1.807) is 30.1 Å². The summed E-state index contributed by atoms with van der Waals surface area (Å²) in [6.07, 6.45) is 3.29. The smallest absolute Gasteiger partial charge is 0.226 e. The molecule has 0 radical (unpaired) electrons. The molecule has 0 bridgehead atoms. The first-order valence-electron chi connectivity index (χ1n) is 5.57. The molecule has 6 heteroatoms.